The van der Waals surface area contributed by atoms with Gasteiger partial charge in [-0.3, -0.25) is 8.98 Å². The molecule has 2 rings (SSSR count). The van der Waals surface area contributed by atoms with E-state index in [0.717, 1.165) is 11.8 Å². The van der Waals surface area contributed by atoms with Gasteiger partial charge in [-0.05, 0) is 93.0 Å². The van der Waals surface area contributed by atoms with Crippen LogP contribution in [0.2, 0.25) is 0 Å². The van der Waals surface area contributed by atoms with Crippen molar-refractivity contribution in [3.05, 3.63) is 11.6 Å². The van der Waals surface area contributed by atoms with E-state index < -0.39 is 162 Å². The zero-order valence-electron chi connectivity index (χ0n) is 36.4. The average Bonchev–Trinajstić information content (AvgIpc) is 3.16. The third kappa shape index (κ3) is 21.1. The summed E-state index contributed by atoms with van der Waals surface area (Å²) in [6.07, 6.45) is -1.06. The van der Waals surface area contributed by atoms with Crippen LogP contribution in [0.4, 0.5) is 0 Å². The highest BCUT2D eigenvalue weighted by atomic mass is 33.2. The summed E-state index contributed by atoms with van der Waals surface area (Å²) in [7, 11) is 43.5. The van der Waals surface area contributed by atoms with Crippen LogP contribution in [-0.4, -0.2) is 73.4 Å². The molecule has 10 nitrogen and oxygen atoms in total. The Hall–Kier alpha value is 12.8. The van der Waals surface area contributed by atoms with E-state index in [1.807, 2.05) is 6.92 Å². The van der Waals surface area contributed by atoms with Gasteiger partial charge in [0, 0.05) is 41.8 Å². The summed E-state index contributed by atoms with van der Waals surface area (Å²) in [5, 5.41) is 25.1. The second-order valence-electron chi connectivity index (χ2n) is 15.4. The van der Waals surface area contributed by atoms with E-state index in [2.05, 4.69) is 179 Å². The van der Waals surface area contributed by atoms with Gasteiger partial charge in [0.1, 0.15) is 17.8 Å². The standard InChI is InChI=1S/C22H70O10P32S/c1-11-9-20(3,4)13(7-14(11)30-54(62(49)58(41)42)64(60(45)46)61(47)48)17(28-50-33)18-21(5,19(24)12(2)29-53(57(39)40)63(51-34)59(43)44)15(31-52(55(35)36)56(37)38)8-16(22(18,25)10-23)32-65(6,26)27/h9,12-18,23,25,50-51H,7-8,10,33-49H2,1-6H3/t12-,13?,14+,15+,16+,17-,18+,21-,22+,53?,54?,62?,63?/m1/s1. The lowest BCUT2D eigenvalue weighted by Gasteiger charge is -2.60. The summed E-state index contributed by atoms with van der Waals surface area (Å²) in [5.41, 5.74) is -3.34. The molecule has 2 aliphatic rings. The maximum atomic E-state index is 16.1. The van der Waals surface area contributed by atoms with Crippen LogP contribution in [0, 0.1) is 22.7 Å². The smallest absolute Gasteiger partial charge is 0.264 e. The van der Waals surface area contributed by atoms with Crippen LogP contribution < -0.4 is 0 Å². The Morgan fingerprint density at radius 3 is 1.72 bits per heavy atom. The Bertz CT molecular complexity index is 1640. The number of carbonyl (C=O) groups is 1. The van der Waals surface area contributed by atoms with Crippen molar-refractivity contribution in [3.8, 4) is 0 Å². The van der Waals surface area contributed by atoms with Crippen LogP contribution in [0.1, 0.15) is 47.5 Å². The number of aliphatic hydroxyl groups is 2. The van der Waals surface area contributed by atoms with Crippen LogP contribution in [0.15, 0.2) is 11.6 Å². The van der Waals surface area contributed by atoms with Crippen molar-refractivity contribution in [1.82, 2.24) is 0 Å². The molecule has 43 heteroatoms. The van der Waals surface area contributed by atoms with Crippen LogP contribution in [0.3, 0.4) is 0 Å². The van der Waals surface area contributed by atoms with Gasteiger partial charge < -0.3 is 28.3 Å². The number of aliphatic hydroxyl groups excluding tert-OH is 1. The van der Waals surface area contributed by atoms with Crippen molar-refractivity contribution in [1.29, 1.82) is 0 Å². The van der Waals surface area contributed by atoms with Crippen LogP contribution >= 0.6 is 261 Å². The van der Waals surface area contributed by atoms with E-state index in [0.29, 0.717) is 14.4 Å². The van der Waals surface area contributed by atoms with Crippen LogP contribution in [0.25, 0.3) is 0 Å². The normalized spacial score (nSPS) is 30.1. The summed E-state index contributed by atoms with van der Waals surface area (Å²) in [4.78, 5) is 16.1. The zero-order valence-corrected chi connectivity index (χ0v) is 70.5. The van der Waals surface area contributed by atoms with Gasteiger partial charge in [-0.25, -0.2) is 0 Å². The van der Waals surface area contributed by atoms with E-state index in [1.165, 1.54) is 0 Å². The highest BCUT2D eigenvalue weighted by molar-refractivity contribution is 9.19. The van der Waals surface area contributed by atoms with Crippen molar-refractivity contribution < 1.29 is 45.7 Å². The SMILES string of the molecule is CC1=CC(C)(C)C([C@@H](OPP)[C@@H]2[C@](O)(CO)[C@@H](OS(C)(=O)=O)C[C@H](OP(P(P)P)P(P)P)[C@@]2(C)C(=O)[C@@H](C)OP(P(P)P)P(PP)P(P)P)C[C@@H]1OP(P(P)P(P)P)P(P(P)P)P(P)P. The Kier molecular flexibility index (Phi) is 38.8. The Labute approximate surface area is 448 Å². The minimum Gasteiger partial charge on any atom is -0.393 e. The minimum atomic E-state index is -4.20. The topological polar surface area (TPSA) is 138 Å². The molecule has 65 heavy (non-hydrogen) atoms. The molecule has 0 radical (unpaired) electrons. The molecule has 24 unspecified atom stereocenters. The molecular formula is C22H70O10P32S. The fourth-order valence-electron chi connectivity index (χ4n) is 7.88. The molecule has 0 bridgehead atoms. The molecule has 0 heterocycles. The van der Waals surface area contributed by atoms with E-state index >= 15 is 4.79 Å². The number of ketones is 1. The number of hydrogen-bond donors (Lipinski definition) is 2. The lowest BCUT2D eigenvalue weighted by molar-refractivity contribution is -0.241. The minimum absolute atomic E-state index is 0.169. The molecule has 0 saturated heterocycles. The summed E-state index contributed by atoms with van der Waals surface area (Å²) in [6, 6.07) is 0. The molecule has 1 fully saturated rings. The van der Waals surface area contributed by atoms with Crippen LogP contribution in [0.5, 0.6) is 0 Å². The predicted molar refractivity (Wildman–Crippen MR) is 385 cm³/mol. The summed E-state index contributed by atoms with van der Waals surface area (Å²) < 4.78 is 61.1. The van der Waals surface area contributed by atoms with Crippen molar-refractivity contribution in [2.75, 3.05) is 12.9 Å². The number of carbonyl (C=O) groups excluding carboxylic acids is 1. The van der Waals surface area contributed by atoms with Crippen molar-refractivity contribution in [2.45, 2.75) is 83.6 Å². The number of Topliss-reactive ketones (excluding diaryl/α,β-unsaturated/α-hetero) is 1. The van der Waals surface area contributed by atoms with E-state index in [9.17, 15) is 18.6 Å². The second kappa shape index (κ2) is 34.1. The Morgan fingerprint density at radius 1 is 0.800 bits per heavy atom. The quantitative estimate of drug-likeness (QED) is 0.0489. The van der Waals surface area contributed by atoms with Gasteiger partial charge in [-0.15, -0.1) is 134 Å². The fraction of sp³-hybridized carbons (Fsp3) is 0.864. The summed E-state index contributed by atoms with van der Waals surface area (Å²) in [5.74, 6) is -1.91. The monoisotopic (exact) mass is 1520 g/mol. The van der Waals surface area contributed by atoms with Gasteiger partial charge in [0.15, 0.2) is 5.78 Å². The zero-order chi connectivity index (χ0) is 50.5. The van der Waals surface area contributed by atoms with E-state index in [-0.39, 0.29) is 26.8 Å². The molecule has 0 spiro atoms. The maximum Gasteiger partial charge on any atom is 0.264 e. The molecule has 0 aliphatic heterocycles. The average molecular weight is 1520 g/mol. The highest BCUT2D eigenvalue weighted by Gasteiger charge is 2.69. The number of allylic oxidation sites excluding steroid dienone is 1. The largest absolute Gasteiger partial charge is 0.393 e. The Morgan fingerprint density at radius 2 is 1.32 bits per heavy atom. The first-order valence-electron chi connectivity index (χ1n) is 18.3. The maximum absolute atomic E-state index is 16.1. The van der Waals surface area contributed by atoms with Gasteiger partial charge in [0.25, 0.3) is 10.1 Å². The van der Waals surface area contributed by atoms with Crippen molar-refractivity contribution in [3.63, 3.8) is 0 Å². The molecule has 0 aromatic carbocycles. The molecule has 2 aliphatic carbocycles. The molecule has 2 N–H and O–H groups in total. The number of hydrogen-bond acceptors (Lipinski definition) is 10. The van der Waals surface area contributed by atoms with Crippen LogP contribution in [-0.2, 0) is 37.2 Å². The highest BCUT2D eigenvalue weighted by Crippen LogP contribution is 3.18. The van der Waals surface area contributed by atoms with Gasteiger partial charge in [-0.2, -0.15) is 8.42 Å². The van der Waals surface area contributed by atoms with E-state index in [1.54, 1.807) is 6.92 Å². The lowest BCUT2D eigenvalue weighted by Crippen LogP contribution is -2.72. The van der Waals surface area contributed by atoms with Gasteiger partial charge in [-0.1, -0.05) is 45.7 Å². The lowest BCUT2D eigenvalue weighted by atomic mass is 9.50. The Balaban J connectivity index is 3.16. The molecule has 32 atom stereocenters. The second-order valence-corrected chi connectivity index (χ2v) is 125. The molecule has 0 aromatic heterocycles. The molecule has 384 valence electrons. The third-order valence-corrected chi connectivity index (χ3v) is 152. The van der Waals surface area contributed by atoms with Crippen molar-refractivity contribution in [2.24, 2.45) is 22.7 Å². The first-order chi connectivity index (χ1) is 29.7. The fourth-order valence-corrected chi connectivity index (χ4v) is 205. The molecule has 1 saturated carbocycles. The predicted octanol–water partition coefficient (Wildman–Crippen LogP) is 19.0. The first kappa shape index (κ1) is 73.9. The third-order valence-electron chi connectivity index (χ3n) is 10.5. The van der Waals surface area contributed by atoms with E-state index in [4.69, 9.17) is 22.3 Å². The first-order valence-corrected chi connectivity index (χ1v) is 75.0. The number of rotatable bonds is 26. The molecule has 0 amide bonds. The molecular weight excluding hydrogens is 1450 g/mol. The van der Waals surface area contributed by atoms with Gasteiger partial charge >= 0.3 is 0 Å². The summed E-state index contributed by atoms with van der Waals surface area (Å²) >= 11 is 0. The van der Waals surface area contributed by atoms with Crippen molar-refractivity contribution >= 4 is 277 Å². The summed E-state index contributed by atoms with van der Waals surface area (Å²) in [6.45, 7) is 3.24. The van der Waals surface area contributed by atoms with Gasteiger partial charge in [0.05, 0.1) is 59.2 Å². The molecule has 0 aromatic rings. The van der Waals surface area contributed by atoms with Gasteiger partial charge in [0.2, 0.25) is 0 Å².